The van der Waals surface area contributed by atoms with Gasteiger partial charge in [0.05, 0.1) is 19.3 Å². The van der Waals surface area contributed by atoms with Crippen molar-refractivity contribution in [2.24, 2.45) is 0 Å². The Balaban J connectivity index is 1.54. The third-order valence-corrected chi connectivity index (χ3v) is 5.56. The number of carbonyl (C=O) groups excluding carboxylic acids is 1. The van der Waals surface area contributed by atoms with E-state index < -0.39 is 0 Å². The number of benzene rings is 1. The van der Waals surface area contributed by atoms with Crippen LogP contribution in [0.25, 0.3) is 5.65 Å². The summed E-state index contributed by atoms with van der Waals surface area (Å²) in [4.78, 5) is 19.9. The Morgan fingerprint density at radius 1 is 1.21 bits per heavy atom. The van der Waals surface area contributed by atoms with Gasteiger partial charge in [-0.05, 0) is 63.5 Å². The van der Waals surface area contributed by atoms with Gasteiger partial charge < -0.3 is 10.1 Å². The van der Waals surface area contributed by atoms with Crippen LogP contribution in [0.15, 0.2) is 36.5 Å². The van der Waals surface area contributed by atoms with Gasteiger partial charge in [-0.2, -0.15) is 5.10 Å². The minimum Gasteiger partial charge on any atom is -0.497 e. The molecule has 7 nitrogen and oxygen atoms in total. The van der Waals surface area contributed by atoms with Crippen LogP contribution in [0.5, 0.6) is 5.75 Å². The predicted molar refractivity (Wildman–Crippen MR) is 111 cm³/mol. The van der Waals surface area contributed by atoms with Crippen LogP contribution in [0, 0.1) is 13.8 Å². The molecule has 0 spiro atoms. The summed E-state index contributed by atoms with van der Waals surface area (Å²) in [5.41, 5.74) is 4.11. The lowest BCUT2D eigenvalue weighted by Crippen LogP contribution is -2.36. The first-order valence-electron chi connectivity index (χ1n) is 10.0. The highest BCUT2D eigenvalue weighted by Crippen LogP contribution is 2.26. The van der Waals surface area contributed by atoms with Crippen LogP contribution in [-0.2, 0) is 0 Å². The van der Waals surface area contributed by atoms with Crippen molar-refractivity contribution in [2.75, 3.05) is 26.7 Å². The lowest BCUT2D eigenvalue weighted by molar-refractivity contribution is 0.0939. The molecule has 0 radical (unpaired) electrons. The third-order valence-electron chi connectivity index (χ3n) is 5.56. The maximum Gasteiger partial charge on any atom is 0.256 e. The van der Waals surface area contributed by atoms with Crippen molar-refractivity contribution in [3.63, 3.8) is 0 Å². The zero-order valence-corrected chi connectivity index (χ0v) is 17.2. The highest BCUT2D eigenvalue weighted by molar-refractivity contribution is 5.99. The molecule has 4 rings (SSSR count). The molecule has 1 amide bonds. The molecule has 1 saturated heterocycles. The molecule has 29 heavy (non-hydrogen) atoms. The lowest BCUT2D eigenvalue weighted by atomic mass is 10.0. The number of hydrogen-bond acceptors (Lipinski definition) is 5. The lowest BCUT2D eigenvalue weighted by Gasteiger charge is -2.28. The fraction of sp³-hybridized carbons (Fsp3) is 0.409. The molecule has 0 aliphatic carbocycles. The van der Waals surface area contributed by atoms with Gasteiger partial charge in [0.25, 0.3) is 5.91 Å². The van der Waals surface area contributed by atoms with E-state index in [0.29, 0.717) is 17.8 Å². The summed E-state index contributed by atoms with van der Waals surface area (Å²) < 4.78 is 6.99. The number of ether oxygens (including phenoxy) is 1. The number of nitrogens with zero attached hydrogens (tertiary/aromatic N) is 4. The van der Waals surface area contributed by atoms with Gasteiger partial charge in [0, 0.05) is 17.9 Å². The van der Waals surface area contributed by atoms with Crippen LogP contribution in [0.3, 0.4) is 0 Å². The summed E-state index contributed by atoms with van der Waals surface area (Å²) in [6.45, 7) is 6.51. The van der Waals surface area contributed by atoms with Gasteiger partial charge in [-0.3, -0.25) is 9.69 Å². The first-order valence-corrected chi connectivity index (χ1v) is 10.0. The first kappa shape index (κ1) is 19.4. The quantitative estimate of drug-likeness (QED) is 0.697. The van der Waals surface area contributed by atoms with E-state index in [4.69, 9.17) is 4.74 Å². The van der Waals surface area contributed by atoms with Gasteiger partial charge in [-0.1, -0.05) is 12.1 Å². The molecule has 7 heteroatoms. The van der Waals surface area contributed by atoms with Crippen molar-refractivity contribution in [3.05, 3.63) is 59.0 Å². The normalized spacial score (nSPS) is 15.6. The second kappa shape index (κ2) is 8.21. The Hall–Kier alpha value is -2.93. The Labute approximate surface area is 170 Å². The zero-order valence-electron chi connectivity index (χ0n) is 17.2. The van der Waals surface area contributed by atoms with Crippen molar-refractivity contribution in [2.45, 2.75) is 32.7 Å². The van der Waals surface area contributed by atoms with E-state index in [1.54, 1.807) is 17.8 Å². The van der Waals surface area contributed by atoms with Gasteiger partial charge >= 0.3 is 0 Å². The van der Waals surface area contributed by atoms with Crippen molar-refractivity contribution in [1.29, 1.82) is 0 Å². The average molecular weight is 393 g/mol. The van der Waals surface area contributed by atoms with Crippen LogP contribution in [0.4, 0.5) is 0 Å². The maximum absolute atomic E-state index is 13.0. The number of likely N-dealkylation sites (tertiary alicyclic amines) is 1. The highest BCUT2D eigenvalue weighted by atomic mass is 16.5. The van der Waals surface area contributed by atoms with Crippen molar-refractivity contribution in [1.82, 2.24) is 24.8 Å². The van der Waals surface area contributed by atoms with Gasteiger partial charge in [0.2, 0.25) is 0 Å². The number of aryl methyl sites for hydroxylation is 2. The van der Waals surface area contributed by atoms with Crippen molar-refractivity contribution < 1.29 is 9.53 Å². The molecular formula is C22H27N5O2. The second-order valence-corrected chi connectivity index (χ2v) is 7.57. The number of nitrogens with one attached hydrogen (secondary N) is 1. The summed E-state index contributed by atoms with van der Waals surface area (Å²) in [6.07, 6.45) is 3.98. The number of hydrogen-bond donors (Lipinski definition) is 1. The zero-order chi connectivity index (χ0) is 20.4. The molecule has 1 aromatic carbocycles. The van der Waals surface area contributed by atoms with Crippen molar-refractivity contribution in [3.8, 4) is 5.75 Å². The van der Waals surface area contributed by atoms with E-state index in [2.05, 4.69) is 32.4 Å². The third kappa shape index (κ3) is 3.96. The van der Waals surface area contributed by atoms with Gasteiger partial charge in [0.1, 0.15) is 11.3 Å². The molecule has 1 fully saturated rings. The Bertz CT molecular complexity index is 1010. The van der Waals surface area contributed by atoms with E-state index in [-0.39, 0.29) is 11.9 Å². The number of fused-ring (bicyclic) bond motifs is 1. The molecule has 0 unspecified atom stereocenters. The molecule has 2 aromatic heterocycles. The highest BCUT2D eigenvalue weighted by Gasteiger charge is 2.25. The standard InChI is InChI=1S/C22H27N5O2/c1-15-12-16(2)27-21(25-15)19(13-24-27)22(28)23-14-20(26-10-4-5-11-26)17-6-8-18(29-3)9-7-17/h6-9,12-13,20H,4-5,10-11,14H2,1-3H3,(H,23,28)/t20-/m0/s1. The van der Waals surface area contributed by atoms with Crippen LogP contribution >= 0.6 is 0 Å². The fourth-order valence-corrected chi connectivity index (χ4v) is 4.05. The number of methoxy groups -OCH3 is 1. The summed E-state index contributed by atoms with van der Waals surface area (Å²) in [5, 5.41) is 7.45. The van der Waals surface area contributed by atoms with Crippen LogP contribution in [0.2, 0.25) is 0 Å². The second-order valence-electron chi connectivity index (χ2n) is 7.57. The average Bonchev–Trinajstić information content (AvgIpc) is 3.39. The summed E-state index contributed by atoms with van der Waals surface area (Å²) in [6, 6.07) is 10.2. The molecule has 1 aliphatic heterocycles. The van der Waals surface area contributed by atoms with E-state index in [1.165, 1.54) is 18.4 Å². The Morgan fingerprint density at radius 2 is 1.93 bits per heavy atom. The topological polar surface area (TPSA) is 71.8 Å². The number of carbonyl (C=O) groups is 1. The molecule has 3 aromatic rings. The SMILES string of the molecule is COc1ccc([C@H](CNC(=O)c2cnn3c(C)cc(C)nc23)N2CCCC2)cc1. The van der Waals surface area contributed by atoms with Gasteiger partial charge in [-0.15, -0.1) is 0 Å². The molecule has 152 valence electrons. The summed E-state index contributed by atoms with van der Waals surface area (Å²) >= 11 is 0. The minimum atomic E-state index is -0.143. The molecule has 3 heterocycles. The van der Waals surface area contributed by atoms with Gasteiger partial charge in [0.15, 0.2) is 5.65 Å². The number of amides is 1. The Kier molecular flexibility index (Phi) is 5.49. The largest absolute Gasteiger partial charge is 0.497 e. The van der Waals surface area contributed by atoms with E-state index >= 15 is 0 Å². The van der Waals surface area contributed by atoms with Crippen LogP contribution < -0.4 is 10.1 Å². The molecular weight excluding hydrogens is 366 g/mol. The first-order chi connectivity index (χ1) is 14.1. The summed E-state index contributed by atoms with van der Waals surface area (Å²) in [5.74, 6) is 0.691. The monoisotopic (exact) mass is 393 g/mol. The fourth-order valence-electron chi connectivity index (χ4n) is 4.05. The predicted octanol–water partition coefficient (Wildman–Crippen LogP) is 2.92. The number of aromatic nitrogens is 3. The van der Waals surface area contributed by atoms with Gasteiger partial charge in [-0.25, -0.2) is 9.50 Å². The smallest absolute Gasteiger partial charge is 0.256 e. The minimum absolute atomic E-state index is 0.130. The van der Waals surface area contributed by atoms with E-state index in [9.17, 15) is 4.79 Å². The number of rotatable bonds is 6. The maximum atomic E-state index is 13.0. The molecule has 0 bridgehead atoms. The molecule has 1 N–H and O–H groups in total. The Morgan fingerprint density at radius 3 is 2.62 bits per heavy atom. The van der Waals surface area contributed by atoms with E-state index in [0.717, 1.165) is 30.2 Å². The van der Waals surface area contributed by atoms with Crippen LogP contribution in [-0.4, -0.2) is 52.1 Å². The summed E-state index contributed by atoms with van der Waals surface area (Å²) in [7, 11) is 1.67. The van der Waals surface area contributed by atoms with Crippen molar-refractivity contribution >= 4 is 11.6 Å². The molecule has 0 saturated carbocycles. The van der Waals surface area contributed by atoms with Crippen LogP contribution in [0.1, 0.15) is 46.2 Å². The molecule has 1 aliphatic rings. The van der Waals surface area contributed by atoms with E-state index in [1.807, 2.05) is 32.0 Å². The molecule has 1 atom stereocenters.